The molecule has 0 aromatic carbocycles. The molecule has 0 aromatic heterocycles. The maximum atomic E-state index is 12.3. The van der Waals surface area contributed by atoms with Gasteiger partial charge in [0.15, 0.2) is 0 Å². The van der Waals surface area contributed by atoms with Crippen molar-refractivity contribution in [1.29, 1.82) is 0 Å². The van der Waals surface area contributed by atoms with Crippen LogP contribution in [0.1, 0.15) is 39.0 Å². The van der Waals surface area contributed by atoms with Crippen LogP contribution in [0.25, 0.3) is 0 Å². The number of amides is 1. The monoisotopic (exact) mass is 255 g/mol. The number of aliphatic hydroxyl groups excluding tert-OH is 1. The van der Waals surface area contributed by atoms with Gasteiger partial charge in [-0.2, -0.15) is 0 Å². The fraction of sp³-hybridized carbons (Fsp3) is 0.846. The first kappa shape index (κ1) is 13.3. The van der Waals surface area contributed by atoms with Crippen molar-refractivity contribution in [3.8, 4) is 0 Å². The number of aliphatic hydroxyl groups is 1. The summed E-state index contributed by atoms with van der Waals surface area (Å²) in [6.07, 6.45) is 3.22. The molecule has 0 unspecified atom stereocenters. The van der Waals surface area contributed by atoms with E-state index in [1.807, 2.05) is 0 Å². The largest absolute Gasteiger partial charge is 0.480 e. The van der Waals surface area contributed by atoms with Crippen molar-refractivity contribution in [2.24, 2.45) is 11.8 Å². The zero-order valence-electron chi connectivity index (χ0n) is 10.7. The van der Waals surface area contributed by atoms with Crippen molar-refractivity contribution in [2.45, 2.75) is 51.2 Å². The van der Waals surface area contributed by atoms with Gasteiger partial charge in [0.25, 0.3) is 0 Å². The Balaban J connectivity index is 2.01. The summed E-state index contributed by atoms with van der Waals surface area (Å²) in [6.45, 7) is 2.35. The smallest absolute Gasteiger partial charge is 0.326 e. The Morgan fingerprint density at radius 2 is 1.78 bits per heavy atom. The van der Waals surface area contributed by atoms with E-state index in [-0.39, 0.29) is 24.8 Å². The van der Waals surface area contributed by atoms with Gasteiger partial charge >= 0.3 is 5.97 Å². The van der Waals surface area contributed by atoms with Gasteiger partial charge in [-0.15, -0.1) is 0 Å². The lowest BCUT2D eigenvalue weighted by Crippen LogP contribution is -2.44. The fourth-order valence-electron chi connectivity index (χ4n) is 3.03. The first-order valence-electron chi connectivity index (χ1n) is 6.70. The molecule has 1 heterocycles. The number of carboxylic acid groups (broad SMARTS) is 1. The van der Waals surface area contributed by atoms with Gasteiger partial charge < -0.3 is 15.1 Å². The lowest BCUT2D eigenvalue weighted by Gasteiger charge is -2.30. The standard InChI is InChI=1S/C13H21NO4/c1-8-2-4-9(5-3-8)12(16)14-7-10(15)6-11(14)13(17)18/h8-11,15H,2-7H2,1H3,(H,17,18)/t8?,9?,10-,11-/m1/s1. The molecule has 1 saturated carbocycles. The van der Waals surface area contributed by atoms with E-state index in [0.717, 1.165) is 25.7 Å². The SMILES string of the molecule is CC1CCC(C(=O)N2C[C@H](O)C[C@@H]2C(=O)O)CC1. The number of carbonyl (C=O) groups excluding carboxylic acids is 1. The van der Waals surface area contributed by atoms with Gasteiger partial charge in [0.05, 0.1) is 6.10 Å². The highest BCUT2D eigenvalue weighted by Gasteiger charge is 2.41. The Morgan fingerprint density at radius 1 is 1.17 bits per heavy atom. The highest BCUT2D eigenvalue weighted by atomic mass is 16.4. The van der Waals surface area contributed by atoms with E-state index in [1.54, 1.807) is 0 Å². The van der Waals surface area contributed by atoms with Crippen molar-refractivity contribution < 1.29 is 19.8 Å². The molecule has 2 fully saturated rings. The molecular weight excluding hydrogens is 234 g/mol. The maximum absolute atomic E-state index is 12.3. The summed E-state index contributed by atoms with van der Waals surface area (Å²) in [5.74, 6) is -0.475. The molecule has 0 bridgehead atoms. The molecular formula is C13H21NO4. The van der Waals surface area contributed by atoms with E-state index >= 15 is 0 Å². The van der Waals surface area contributed by atoms with Crippen molar-refractivity contribution in [2.75, 3.05) is 6.54 Å². The van der Waals surface area contributed by atoms with Crippen molar-refractivity contribution >= 4 is 11.9 Å². The Morgan fingerprint density at radius 3 is 2.33 bits per heavy atom. The van der Waals surface area contributed by atoms with Gasteiger partial charge in [0.1, 0.15) is 6.04 Å². The van der Waals surface area contributed by atoms with Crippen LogP contribution in [0.5, 0.6) is 0 Å². The number of hydrogen-bond acceptors (Lipinski definition) is 3. The second kappa shape index (κ2) is 5.26. The van der Waals surface area contributed by atoms with E-state index in [2.05, 4.69) is 6.92 Å². The number of likely N-dealkylation sites (tertiary alicyclic amines) is 1. The first-order valence-corrected chi connectivity index (χ1v) is 6.70. The molecule has 102 valence electrons. The van der Waals surface area contributed by atoms with Crippen LogP contribution in [0.3, 0.4) is 0 Å². The van der Waals surface area contributed by atoms with Gasteiger partial charge in [0, 0.05) is 18.9 Å². The number of rotatable bonds is 2. The fourth-order valence-corrected chi connectivity index (χ4v) is 3.03. The minimum absolute atomic E-state index is 0.0478. The molecule has 0 radical (unpaired) electrons. The molecule has 2 atom stereocenters. The van der Waals surface area contributed by atoms with E-state index in [1.165, 1.54) is 4.90 Å². The Labute approximate surface area is 107 Å². The Kier molecular flexibility index (Phi) is 3.90. The van der Waals surface area contributed by atoms with Crippen molar-refractivity contribution in [3.05, 3.63) is 0 Å². The normalized spacial score (nSPS) is 36.7. The topological polar surface area (TPSA) is 77.8 Å². The van der Waals surface area contributed by atoms with Crippen LogP contribution in [0.4, 0.5) is 0 Å². The third kappa shape index (κ3) is 2.66. The van der Waals surface area contributed by atoms with E-state index in [9.17, 15) is 14.7 Å². The Hall–Kier alpha value is -1.10. The quantitative estimate of drug-likeness (QED) is 0.767. The number of β-amino-alcohol motifs (C(OH)–C–C–N with tert-alkyl or cyclic N) is 1. The molecule has 1 saturated heterocycles. The zero-order valence-corrected chi connectivity index (χ0v) is 10.7. The molecule has 1 aliphatic carbocycles. The zero-order chi connectivity index (χ0) is 13.3. The average molecular weight is 255 g/mol. The highest BCUT2D eigenvalue weighted by molar-refractivity contribution is 5.85. The van der Waals surface area contributed by atoms with Gasteiger partial charge in [-0.25, -0.2) is 4.79 Å². The average Bonchev–Trinajstić information content (AvgIpc) is 2.71. The molecule has 18 heavy (non-hydrogen) atoms. The molecule has 2 aliphatic rings. The lowest BCUT2D eigenvalue weighted by atomic mass is 9.82. The molecule has 0 aromatic rings. The Bertz CT molecular complexity index is 336. The molecule has 5 nitrogen and oxygen atoms in total. The summed E-state index contributed by atoms with van der Waals surface area (Å²) in [7, 11) is 0. The summed E-state index contributed by atoms with van der Waals surface area (Å²) in [4.78, 5) is 24.8. The van der Waals surface area contributed by atoms with Crippen LogP contribution >= 0.6 is 0 Å². The van der Waals surface area contributed by atoms with Gasteiger partial charge in [-0.1, -0.05) is 6.92 Å². The summed E-state index contributed by atoms with van der Waals surface area (Å²) >= 11 is 0. The summed E-state index contributed by atoms with van der Waals surface area (Å²) in [6, 6.07) is -0.841. The number of carboxylic acids is 1. The highest BCUT2D eigenvalue weighted by Crippen LogP contribution is 2.31. The van der Waals surface area contributed by atoms with Crippen molar-refractivity contribution in [1.82, 2.24) is 4.90 Å². The lowest BCUT2D eigenvalue weighted by molar-refractivity contribution is -0.150. The van der Waals surface area contributed by atoms with Gasteiger partial charge in [0.2, 0.25) is 5.91 Å². The molecule has 1 amide bonds. The predicted molar refractivity (Wildman–Crippen MR) is 64.9 cm³/mol. The van der Waals surface area contributed by atoms with Crippen molar-refractivity contribution in [3.63, 3.8) is 0 Å². The van der Waals surface area contributed by atoms with Crippen LogP contribution in [-0.2, 0) is 9.59 Å². The number of nitrogens with zero attached hydrogens (tertiary/aromatic N) is 1. The summed E-state index contributed by atoms with van der Waals surface area (Å²) < 4.78 is 0. The van der Waals surface area contributed by atoms with Crippen LogP contribution in [0.15, 0.2) is 0 Å². The van der Waals surface area contributed by atoms with Crippen LogP contribution in [0.2, 0.25) is 0 Å². The molecule has 5 heteroatoms. The minimum atomic E-state index is -1.01. The number of hydrogen-bond donors (Lipinski definition) is 2. The molecule has 0 spiro atoms. The third-order valence-electron chi connectivity index (χ3n) is 4.21. The van der Waals surface area contributed by atoms with E-state index in [0.29, 0.717) is 5.92 Å². The van der Waals surface area contributed by atoms with Crippen LogP contribution in [0, 0.1) is 11.8 Å². The third-order valence-corrected chi connectivity index (χ3v) is 4.21. The van der Waals surface area contributed by atoms with E-state index < -0.39 is 18.1 Å². The minimum Gasteiger partial charge on any atom is -0.480 e. The second-order valence-corrected chi connectivity index (χ2v) is 5.69. The van der Waals surface area contributed by atoms with Gasteiger partial charge in [-0.05, 0) is 31.6 Å². The maximum Gasteiger partial charge on any atom is 0.326 e. The van der Waals surface area contributed by atoms with Gasteiger partial charge in [-0.3, -0.25) is 4.79 Å². The first-order chi connectivity index (χ1) is 8.49. The second-order valence-electron chi connectivity index (χ2n) is 5.69. The summed E-state index contributed by atoms with van der Waals surface area (Å²) in [5, 5.41) is 18.6. The van der Waals surface area contributed by atoms with E-state index in [4.69, 9.17) is 5.11 Å². The molecule has 2 N–H and O–H groups in total. The molecule has 2 rings (SSSR count). The van der Waals surface area contributed by atoms with Crippen LogP contribution < -0.4 is 0 Å². The number of aliphatic carboxylic acids is 1. The number of carbonyl (C=O) groups is 2. The van der Waals surface area contributed by atoms with Crippen LogP contribution in [-0.4, -0.2) is 45.7 Å². The predicted octanol–water partition coefficient (Wildman–Crippen LogP) is 0.859. The molecule has 1 aliphatic heterocycles. The summed E-state index contributed by atoms with van der Waals surface area (Å²) in [5.41, 5.74) is 0.